The molecule has 0 aliphatic rings. The van der Waals surface area contributed by atoms with Gasteiger partial charge in [0, 0.05) is 22.3 Å². The van der Waals surface area contributed by atoms with Crippen molar-refractivity contribution in [3.63, 3.8) is 0 Å². The summed E-state index contributed by atoms with van der Waals surface area (Å²) in [7, 11) is 4.98. The molecule has 0 atom stereocenters. The van der Waals surface area contributed by atoms with Gasteiger partial charge in [-0.3, -0.25) is 0 Å². The third-order valence-electron chi connectivity index (χ3n) is 1.65. The zero-order valence-corrected chi connectivity index (χ0v) is 26.6. The van der Waals surface area contributed by atoms with Crippen LogP contribution in [0.2, 0.25) is 62.4 Å². The summed E-state index contributed by atoms with van der Waals surface area (Å²) in [5.74, 6) is 0. The zero-order chi connectivity index (χ0) is 19.9. The van der Waals surface area contributed by atoms with Gasteiger partial charge in [0.15, 0.2) is 0 Å². The molecular formula is C15H46O4Si2Sn2. The third-order valence-corrected chi connectivity index (χ3v) is 8.59. The molecule has 0 aliphatic heterocycles. The fourth-order valence-electron chi connectivity index (χ4n) is 0.180. The van der Waals surface area contributed by atoms with Crippen molar-refractivity contribution in [1.29, 1.82) is 0 Å². The molecule has 0 fully saturated rings. The summed E-state index contributed by atoms with van der Waals surface area (Å²) in [4.78, 5) is 13.7. The van der Waals surface area contributed by atoms with E-state index in [1.54, 1.807) is 28.4 Å². The quantitative estimate of drug-likeness (QED) is 0.436. The van der Waals surface area contributed by atoms with Gasteiger partial charge in [-0.2, -0.15) is 0 Å². The average Bonchev–Trinajstić information content (AvgIpc) is 2.34. The molecule has 0 saturated heterocycles. The van der Waals surface area contributed by atoms with Gasteiger partial charge in [0.1, 0.15) is 0 Å². The Balaban J connectivity index is -0.000000106. The van der Waals surface area contributed by atoms with Crippen LogP contribution in [0.3, 0.4) is 0 Å². The van der Waals surface area contributed by atoms with Crippen LogP contribution in [0.4, 0.5) is 0 Å². The third kappa shape index (κ3) is 81.0. The van der Waals surface area contributed by atoms with Crippen LogP contribution >= 0.6 is 0 Å². The summed E-state index contributed by atoms with van der Waals surface area (Å²) in [5, 5.41) is 0. The molecule has 0 aromatic heterocycles. The molecule has 0 heterocycles. The van der Waals surface area contributed by atoms with Crippen LogP contribution in [0, 0.1) is 0 Å². The predicted octanol–water partition coefficient (Wildman–Crippen LogP) is 5.02. The Morgan fingerprint density at radius 2 is 0.826 bits per heavy atom. The van der Waals surface area contributed by atoms with Gasteiger partial charge in [-0.15, -0.1) is 0 Å². The van der Waals surface area contributed by atoms with Gasteiger partial charge < -0.3 is 8.85 Å². The topological polar surface area (TPSA) is 36.9 Å². The van der Waals surface area contributed by atoms with Gasteiger partial charge in [0.05, 0.1) is 0 Å². The van der Waals surface area contributed by atoms with E-state index in [0.29, 0.717) is 0 Å². The summed E-state index contributed by atoms with van der Waals surface area (Å²) in [5.41, 5.74) is 0. The molecule has 4 nitrogen and oxygen atoms in total. The minimum absolute atomic E-state index is 0.611. The van der Waals surface area contributed by atoms with E-state index in [2.05, 4.69) is 55.8 Å². The Morgan fingerprint density at radius 1 is 0.652 bits per heavy atom. The molecule has 0 N–H and O–H groups in total. The molecule has 0 saturated carbocycles. The fraction of sp³-hybridized carbons (Fsp3) is 1.00. The van der Waals surface area contributed by atoms with Gasteiger partial charge in [-0.25, -0.2) is 0 Å². The molecule has 8 heteroatoms. The summed E-state index contributed by atoms with van der Waals surface area (Å²) in [6, 6.07) is 0. The molecule has 0 aromatic carbocycles. The van der Waals surface area contributed by atoms with Crippen molar-refractivity contribution in [2.45, 2.75) is 62.4 Å². The van der Waals surface area contributed by atoms with Crippen molar-refractivity contribution < 1.29 is 15.0 Å². The van der Waals surface area contributed by atoms with E-state index in [1.165, 1.54) is 0 Å². The van der Waals surface area contributed by atoms with Crippen molar-refractivity contribution in [2.75, 3.05) is 28.4 Å². The van der Waals surface area contributed by atoms with Crippen molar-refractivity contribution in [1.82, 2.24) is 0 Å². The maximum absolute atomic E-state index is 5.07. The van der Waals surface area contributed by atoms with Crippen molar-refractivity contribution in [2.24, 2.45) is 0 Å². The van der Waals surface area contributed by atoms with Gasteiger partial charge >= 0.3 is 96.9 Å². The van der Waals surface area contributed by atoms with Gasteiger partial charge in [0.2, 0.25) is 0 Å². The summed E-state index contributed by atoms with van der Waals surface area (Å²) >= 11 is -3.46. The molecule has 0 bridgehead atoms. The first-order valence-corrected chi connectivity index (χ1v) is 33.6. The minimum atomic E-state index is -2.28. The molecule has 0 aliphatic carbocycles. The van der Waals surface area contributed by atoms with Crippen molar-refractivity contribution >= 4 is 54.9 Å². The molecule has 0 amide bonds. The Morgan fingerprint density at radius 3 is 0.826 bits per heavy atom. The van der Waals surface area contributed by atoms with Gasteiger partial charge in [-0.1, -0.05) is 26.2 Å². The summed E-state index contributed by atoms with van der Waals surface area (Å²) in [6.45, 7) is 11.3. The Labute approximate surface area is 159 Å². The average molecular weight is 584 g/mol. The van der Waals surface area contributed by atoms with Crippen LogP contribution < -0.4 is 0 Å². The maximum atomic E-state index is 5.07. The fourth-order valence-corrected chi connectivity index (χ4v) is 0.848. The molecule has 146 valence electrons. The van der Waals surface area contributed by atoms with E-state index < -0.39 is 54.9 Å². The first-order valence-electron chi connectivity index (χ1n) is 8.09. The van der Waals surface area contributed by atoms with E-state index >= 15 is 0 Å². The monoisotopic (exact) mass is 586 g/mol. The van der Waals surface area contributed by atoms with E-state index in [1.807, 2.05) is 6.55 Å². The SMILES string of the molecule is CO[SiH](C)OC.C[O][Sn]([CH3])([CH3])[O]C.C[Si](C)(C)C.[CH3][Sn]([CH3])([CH3])[CH3]. The van der Waals surface area contributed by atoms with E-state index in [9.17, 15) is 0 Å². The Hall–Kier alpha value is 1.87. The molecule has 0 rings (SSSR count). The number of rotatable bonds is 4. The molecular weight excluding hydrogens is 538 g/mol. The second-order valence-electron chi connectivity index (χ2n) is 8.85. The van der Waals surface area contributed by atoms with Crippen LogP contribution in [0.25, 0.3) is 0 Å². The molecule has 0 aromatic rings. The van der Waals surface area contributed by atoms with Crippen LogP contribution in [-0.2, 0) is 15.0 Å². The van der Waals surface area contributed by atoms with E-state index in [0.717, 1.165) is 0 Å². The zero-order valence-electron chi connectivity index (χ0n) is 18.7. The van der Waals surface area contributed by atoms with Crippen LogP contribution in [0.5, 0.6) is 0 Å². The van der Waals surface area contributed by atoms with Crippen molar-refractivity contribution in [3.05, 3.63) is 0 Å². The molecule has 0 unspecified atom stereocenters. The second kappa shape index (κ2) is 17.3. The van der Waals surface area contributed by atoms with Crippen LogP contribution in [-0.4, -0.2) is 83.4 Å². The Bertz CT molecular complexity index is 209. The molecule has 0 spiro atoms. The first-order chi connectivity index (χ1) is 9.93. The Kier molecular flexibility index (Phi) is 24.5. The summed E-state index contributed by atoms with van der Waals surface area (Å²) < 4.78 is 19.8. The second-order valence-corrected chi connectivity index (χ2v) is 44.4. The predicted molar refractivity (Wildman–Crippen MR) is 117 cm³/mol. The van der Waals surface area contributed by atoms with Crippen molar-refractivity contribution in [3.8, 4) is 0 Å². The standard InChI is InChI=1S/C4H12Si.C3H10O2Si.2CH3O.6CH3.2Sn/c1-5(2,3)4;1-4-6(3)5-2;2*1-2;;;;;;;;/h1-4H3;6H,1-3H3;2*1H3;6*1H3;;/q;;2*-1;;;;;;;;+2. The first kappa shape index (κ1) is 32.5. The number of hydrogen-bond donors (Lipinski definition) is 0. The van der Waals surface area contributed by atoms with E-state index in [-0.39, 0.29) is 0 Å². The van der Waals surface area contributed by atoms with Crippen LogP contribution in [0.15, 0.2) is 0 Å². The normalized spacial score (nSPS) is 11.5. The van der Waals surface area contributed by atoms with Crippen LogP contribution in [0.1, 0.15) is 0 Å². The number of hydrogen-bond acceptors (Lipinski definition) is 4. The van der Waals surface area contributed by atoms with Gasteiger partial charge in [-0.05, 0) is 6.55 Å². The summed E-state index contributed by atoms with van der Waals surface area (Å²) in [6.07, 6.45) is 0. The molecule has 23 heavy (non-hydrogen) atoms. The van der Waals surface area contributed by atoms with Gasteiger partial charge in [0.25, 0.3) is 0 Å². The molecule has 0 radical (unpaired) electrons. The van der Waals surface area contributed by atoms with E-state index in [4.69, 9.17) is 15.0 Å².